The number of ketones is 1. The summed E-state index contributed by atoms with van der Waals surface area (Å²) in [4.78, 5) is 27.1. The van der Waals surface area contributed by atoms with Gasteiger partial charge < -0.3 is 14.7 Å². The number of Topliss-reactive ketones (excluding diaryl/α,β-unsaturated/α-hetero) is 1. The number of amides is 1. The highest BCUT2D eigenvalue weighted by Crippen LogP contribution is 2.42. The van der Waals surface area contributed by atoms with Crippen molar-refractivity contribution in [3.63, 3.8) is 0 Å². The van der Waals surface area contributed by atoms with Gasteiger partial charge in [-0.25, -0.2) is 0 Å². The van der Waals surface area contributed by atoms with E-state index in [0.717, 1.165) is 0 Å². The number of nitrogens with zero attached hydrogens (tertiary/aromatic N) is 2. The minimum Gasteiger partial charge on any atom is -0.497 e. The highest BCUT2D eigenvalue weighted by atomic mass is 16.5. The minimum atomic E-state index is -1.90. The van der Waals surface area contributed by atoms with Gasteiger partial charge in [0.2, 0.25) is 0 Å². The van der Waals surface area contributed by atoms with Gasteiger partial charge in [0, 0.05) is 24.1 Å². The first-order valence-corrected chi connectivity index (χ1v) is 8.69. The number of carbonyl (C=O) groups excluding carboxylic acids is 2. The van der Waals surface area contributed by atoms with Crippen LogP contribution in [0.4, 0.5) is 5.69 Å². The maximum absolute atomic E-state index is 13.0. The summed E-state index contributed by atoms with van der Waals surface area (Å²) < 4.78 is 5.08. The summed E-state index contributed by atoms with van der Waals surface area (Å²) in [6, 6.07) is 15.5. The van der Waals surface area contributed by atoms with E-state index in [1.54, 1.807) is 48.5 Å². The molecule has 0 aliphatic carbocycles. The van der Waals surface area contributed by atoms with Crippen molar-refractivity contribution >= 4 is 17.4 Å². The molecule has 1 aliphatic rings. The maximum Gasteiger partial charge on any atom is 0.264 e. The molecule has 1 amide bonds. The Balaban J connectivity index is 1.88. The van der Waals surface area contributed by atoms with Gasteiger partial charge >= 0.3 is 0 Å². The molecule has 0 radical (unpaired) electrons. The lowest BCUT2D eigenvalue weighted by Crippen LogP contribution is -2.42. The molecule has 0 fully saturated rings. The molecule has 0 saturated carbocycles. The first-order valence-electron chi connectivity index (χ1n) is 8.69. The molecule has 6 nitrogen and oxygen atoms in total. The lowest BCUT2D eigenvalue weighted by molar-refractivity contribution is -0.135. The summed E-state index contributed by atoms with van der Waals surface area (Å²) in [5.41, 5.74) is -0.489. The third-order valence-electron chi connectivity index (χ3n) is 4.74. The predicted molar refractivity (Wildman–Crippen MR) is 99.5 cm³/mol. The zero-order valence-electron chi connectivity index (χ0n) is 15.0. The van der Waals surface area contributed by atoms with E-state index < -0.39 is 11.5 Å². The van der Waals surface area contributed by atoms with Crippen LogP contribution in [0.5, 0.6) is 5.75 Å². The molecular formula is C21H20N2O4. The summed E-state index contributed by atoms with van der Waals surface area (Å²) in [7, 11) is 1.54. The Labute approximate surface area is 157 Å². The van der Waals surface area contributed by atoms with E-state index in [9.17, 15) is 14.7 Å². The Morgan fingerprint density at radius 2 is 1.93 bits per heavy atom. The van der Waals surface area contributed by atoms with Crippen LogP contribution in [0.1, 0.15) is 35.2 Å². The Hall–Kier alpha value is -3.17. The number of unbranched alkanes of at least 4 members (excludes halogenated alkanes) is 1. The number of nitriles is 1. The Morgan fingerprint density at radius 1 is 1.22 bits per heavy atom. The van der Waals surface area contributed by atoms with Crippen LogP contribution in [0.3, 0.4) is 0 Å². The van der Waals surface area contributed by atoms with Crippen molar-refractivity contribution in [3.05, 3.63) is 59.7 Å². The van der Waals surface area contributed by atoms with Gasteiger partial charge in [0.15, 0.2) is 11.4 Å². The number of hydrogen-bond donors (Lipinski definition) is 1. The van der Waals surface area contributed by atoms with Crippen molar-refractivity contribution < 1.29 is 19.4 Å². The quantitative estimate of drug-likeness (QED) is 0.603. The fraction of sp³-hybridized carbons (Fsp3) is 0.286. The molecule has 0 unspecified atom stereocenters. The van der Waals surface area contributed by atoms with E-state index in [4.69, 9.17) is 10.00 Å². The average Bonchev–Trinajstić information content (AvgIpc) is 2.90. The molecule has 6 heteroatoms. The van der Waals surface area contributed by atoms with Crippen molar-refractivity contribution in [2.45, 2.75) is 24.9 Å². The van der Waals surface area contributed by atoms with Crippen LogP contribution in [0.15, 0.2) is 48.5 Å². The third-order valence-corrected chi connectivity index (χ3v) is 4.74. The number of aliphatic hydroxyl groups is 1. The first-order chi connectivity index (χ1) is 13.0. The summed E-state index contributed by atoms with van der Waals surface area (Å²) in [6.07, 6.45) is 0.470. The molecule has 138 valence electrons. The molecule has 0 bridgehead atoms. The zero-order valence-corrected chi connectivity index (χ0v) is 15.0. The van der Waals surface area contributed by atoms with Gasteiger partial charge in [0.05, 0.1) is 25.3 Å². The smallest absolute Gasteiger partial charge is 0.264 e. The molecule has 2 aromatic rings. The van der Waals surface area contributed by atoms with E-state index >= 15 is 0 Å². The second-order valence-corrected chi connectivity index (χ2v) is 6.42. The Bertz CT molecular complexity index is 901. The highest BCUT2D eigenvalue weighted by molar-refractivity contribution is 6.10. The molecule has 1 aliphatic heterocycles. The maximum atomic E-state index is 13.0. The van der Waals surface area contributed by atoms with E-state index in [0.29, 0.717) is 42.0 Å². The van der Waals surface area contributed by atoms with E-state index in [1.165, 1.54) is 12.0 Å². The SMILES string of the molecule is COc1ccc(C(=O)C[C@]2(O)C(=O)N(CCCC#N)c3ccccc32)cc1. The summed E-state index contributed by atoms with van der Waals surface area (Å²) in [5.74, 6) is -0.234. The largest absolute Gasteiger partial charge is 0.497 e. The van der Waals surface area contributed by atoms with Gasteiger partial charge in [-0.1, -0.05) is 18.2 Å². The van der Waals surface area contributed by atoms with Crippen molar-refractivity contribution in [3.8, 4) is 11.8 Å². The number of rotatable bonds is 7. The number of methoxy groups -OCH3 is 1. The molecule has 1 N–H and O–H groups in total. The summed E-state index contributed by atoms with van der Waals surface area (Å²) >= 11 is 0. The van der Waals surface area contributed by atoms with Crippen LogP contribution in [0.25, 0.3) is 0 Å². The van der Waals surface area contributed by atoms with E-state index in [1.807, 2.05) is 6.07 Å². The molecule has 1 heterocycles. The zero-order chi connectivity index (χ0) is 19.4. The lowest BCUT2D eigenvalue weighted by atomic mass is 9.88. The number of ether oxygens (including phenoxy) is 1. The van der Waals surface area contributed by atoms with Crippen LogP contribution < -0.4 is 9.64 Å². The Morgan fingerprint density at radius 3 is 2.59 bits per heavy atom. The van der Waals surface area contributed by atoms with E-state index in [-0.39, 0.29) is 12.2 Å². The number of anilines is 1. The van der Waals surface area contributed by atoms with Crippen LogP contribution in [-0.2, 0) is 10.4 Å². The van der Waals surface area contributed by atoms with Crippen molar-refractivity contribution in [2.24, 2.45) is 0 Å². The highest BCUT2D eigenvalue weighted by Gasteiger charge is 2.50. The van der Waals surface area contributed by atoms with Crippen molar-refractivity contribution in [2.75, 3.05) is 18.6 Å². The fourth-order valence-corrected chi connectivity index (χ4v) is 3.33. The summed E-state index contributed by atoms with van der Waals surface area (Å²) in [5, 5.41) is 19.9. The van der Waals surface area contributed by atoms with Crippen molar-refractivity contribution in [1.82, 2.24) is 0 Å². The van der Waals surface area contributed by atoms with E-state index in [2.05, 4.69) is 0 Å². The van der Waals surface area contributed by atoms with Gasteiger partial charge in [-0.3, -0.25) is 9.59 Å². The first kappa shape index (κ1) is 18.6. The monoisotopic (exact) mass is 364 g/mol. The van der Waals surface area contributed by atoms with Gasteiger partial charge in [-0.15, -0.1) is 0 Å². The number of fused-ring (bicyclic) bond motifs is 1. The van der Waals surface area contributed by atoms with Crippen LogP contribution in [0.2, 0.25) is 0 Å². The number of hydrogen-bond acceptors (Lipinski definition) is 5. The molecular weight excluding hydrogens is 344 g/mol. The molecule has 2 aromatic carbocycles. The number of carbonyl (C=O) groups is 2. The van der Waals surface area contributed by atoms with Crippen LogP contribution in [0, 0.1) is 11.3 Å². The molecule has 0 saturated heterocycles. The predicted octanol–water partition coefficient (Wildman–Crippen LogP) is 2.81. The number of para-hydroxylation sites is 1. The third kappa shape index (κ3) is 3.42. The second kappa shape index (κ2) is 7.60. The van der Waals surface area contributed by atoms with Gasteiger partial charge in [0.25, 0.3) is 5.91 Å². The molecule has 0 aromatic heterocycles. The second-order valence-electron chi connectivity index (χ2n) is 6.42. The number of benzene rings is 2. The molecule has 0 spiro atoms. The molecule has 1 atom stereocenters. The van der Waals surface area contributed by atoms with Gasteiger partial charge in [-0.05, 0) is 36.8 Å². The standard InChI is InChI=1S/C21H20N2O4/c1-27-16-10-8-15(9-11-16)19(24)14-21(26)17-6-2-3-7-18(17)23(20(21)25)13-5-4-12-22/h2-3,6-11,26H,4-5,13-14H2,1H3/t21-/m1/s1. The minimum absolute atomic E-state index is 0.315. The summed E-state index contributed by atoms with van der Waals surface area (Å²) in [6.45, 7) is 0.322. The van der Waals surface area contributed by atoms with Gasteiger partial charge in [0.1, 0.15) is 5.75 Å². The topological polar surface area (TPSA) is 90.6 Å². The normalized spacial score (nSPS) is 18.1. The van der Waals surface area contributed by atoms with Crippen LogP contribution >= 0.6 is 0 Å². The van der Waals surface area contributed by atoms with Gasteiger partial charge in [-0.2, -0.15) is 5.26 Å². The van der Waals surface area contributed by atoms with Crippen LogP contribution in [-0.4, -0.2) is 30.5 Å². The average molecular weight is 364 g/mol. The lowest BCUT2D eigenvalue weighted by Gasteiger charge is -2.22. The fourth-order valence-electron chi connectivity index (χ4n) is 3.33. The molecule has 27 heavy (non-hydrogen) atoms. The molecule has 3 rings (SSSR count). The Kier molecular flexibility index (Phi) is 5.24. The van der Waals surface area contributed by atoms with Crippen molar-refractivity contribution in [1.29, 1.82) is 5.26 Å².